The highest BCUT2D eigenvalue weighted by atomic mass is 19.4. The third kappa shape index (κ3) is 7.84. The van der Waals surface area contributed by atoms with Crippen molar-refractivity contribution in [2.75, 3.05) is 26.2 Å². The lowest BCUT2D eigenvalue weighted by atomic mass is 9.86. The lowest BCUT2D eigenvalue weighted by Crippen LogP contribution is -2.50. The monoisotopic (exact) mass is 637 g/mol. The van der Waals surface area contributed by atoms with Gasteiger partial charge in [-0.15, -0.1) is 0 Å². The summed E-state index contributed by atoms with van der Waals surface area (Å²) in [6, 6.07) is 10.7. The van der Waals surface area contributed by atoms with Crippen LogP contribution in [0.3, 0.4) is 0 Å². The maximum absolute atomic E-state index is 13.6. The van der Waals surface area contributed by atoms with Crippen LogP contribution in [0.4, 0.5) is 26.3 Å². The van der Waals surface area contributed by atoms with E-state index < -0.39 is 35.7 Å². The minimum absolute atomic E-state index is 0.0431. The number of halogens is 6. The maximum atomic E-state index is 13.6. The SMILES string of the molecule is C[C@@H](O[C@H]1CCN(C(=O)C2CCN(C(=O)Cn3cncn3)CC2)C[C@H]1c1ccccc1)c1cc(C(F)(F)F)cc(C(F)(F)F)c1. The first-order chi connectivity index (χ1) is 21.3. The van der Waals surface area contributed by atoms with Gasteiger partial charge in [0.1, 0.15) is 19.2 Å². The first-order valence-electron chi connectivity index (χ1n) is 14.7. The average molecular weight is 638 g/mol. The van der Waals surface area contributed by atoms with Gasteiger partial charge in [0, 0.05) is 38.0 Å². The van der Waals surface area contributed by atoms with E-state index in [4.69, 9.17) is 4.74 Å². The fourth-order valence-electron chi connectivity index (χ4n) is 6.06. The number of amides is 2. The quantitative estimate of drug-likeness (QED) is 0.310. The van der Waals surface area contributed by atoms with Gasteiger partial charge in [-0.05, 0) is 55.5 Å². The number of piperidine rings is 2. The van der Waals surface area contributed by atoms with Crippen LogP contribution >= 0.6 is 0 Å². The molecule has 8 nitrogen and oxygen atoms in total. The summed E-state index contributed by atoms with van der Waals surface area (Å²) in [5, 5.41) is 3.95. The zero-order valence-corrected chi connectivity index (χ0v) is 24.5. The van der Waals surface area contributed by atoms with Gasteiger partial charge >= 0.3 is 12.4 Å². The number of benzene rings is 2. The standard InChI is InChI=1S/C31H33F6N5O3/c1-20(23-13-24(30(32,33)34)15-25(14-23)31(35,36)37)45-27-9-12-41(16-26(27)21-5-3-2-4-6-21)29(44)22-7-10-40(11-8-22)28(43)17-42-19-38-18-39-42/h2-6,13-15,18-20,22,26-27H,7-12,16-17H2,1H3/t20-,26+,27+/m1/s1. The Hall–Kier alpha value is -3.94. The van der Waals surface area contributed by atoms with E-state index in [0.717, 1.165) is 5.56 Å². The highest BCUT2D eigenvalue weighted by Gasteiger charge is 2.40. The summed E-state index contributed by atoms with van der Waals surface area (Å²) >= 11 is 0. The first-order valence-corrected chi connectivity index (χ1v) is 14.7. The van der Waals surface area contributed by atoms with Crippen LogP contribution in [0.1, 0.15) is 60.5 Å². The fraction of sp³-hybridized carbons (Fsp3) is 0.484. The molecule has 1 aromatic heterocycles. The molecule has 2 fully saturated rings. The molecular formula is C31H33F6N5O3. The molecule has 3 heterocycles. The molecular weight excluding hydrogens is 604 g/mol. The molecule has 0 saturated carbocycles. The number of aromatic nitrogens is 3. The molecule has 0 spiro atoms. The molecule has 242 valence electrons. The highest BCUT2D eigenvalue weighted by Crippen LogP contribution is 2.40. The van der Waals surface area contributed by atoms with Crippen LogP contribution in [0.25, 0.3) is 0 Å². The van der Waals surface area contributed by atoms with Crippen molar-refractivity contribution in [1.29, 1.82) is 0 Å². The second-order valence-corrected chi connectivity index (χ2v) is 11.5. The van der Waals surface area contributed by atoms with Gasteiger partial charge in [0.05, 0.1) is 23.3 Å². The average Bonchev–Trinajstić information content (AvgIpc) is 3.53. The van der Waals surface area contributed by atoms with Crippen LogP contribution in [0.5, 0.6) is 0 Å². The number of hydrogen-bond acceptors (Lipinski definition) is 5. The van der Waals surface area contributed by atoms with Gasteiger partial charge in [0.15, 0.2) is 0 Å². The van der Waals surface area contributed by atoms with E-state index >= 15 is 0 Å². The van der Waals surface area contributed by atoms with E-state index in [1.807, 2.05) is 30.3 Å². The summed E-state index contributed by atoms with van der Waals surface area (Å²) in [7, 11) is 0. The van der Waals surface area contributed by atoms with Gasteiger partial charge in [-0.25, -0.2) is 9.67 Å². The topological polar surface area (TPSA) is 80.6 Å². The third-order valence-corrected chi connectivity index (χ3v) is 8.51. The maximum Gasteiger partial charge on any atom is 0.416 e. The molecule has 0 N–H and O–H groups in total. The predicted octanol–water partition coefficient (Wildman–Crippen LogP) is 5.72. The second-order valence-electron chi connectivity index (χ2n) is 11.5. The molecule has 45 heavy (non-hydrogen) atoms. The normalized spacial score (nSPS) is 20.7. The number of ether oxygens (including phenoxy) is 1. The molecule has 2 aromatic carbocycles. The zero-order chi connectivity index (χ0) is 32.4. The minimum atomic E-state index is -4.96. The predicted molar refractivity (Wildman–Crippen MR) is 149 cm³/mol. The van der Waals surface area contributed by atoms with Crippen LogP contribution in [0.2, 0.25) is 0 Å². The Balaban J connectivity index is 1.27. The van der Waals surface area contributed by atoms with Gasteiger partial charge in [0.25, 0.3) is 0 Å². The van der Waals surface area contributed by atoms with Crippen LogP contribution in [0.15, 0.2) is 61.2 Å². The molecule has 14 heteroatoms. The van der Waals surface area contributed by atoms with E-state index in [1.165, 1.54) is 24.3 Å². The molecule has 0 unspecified atom stereocenters. The zero-order valence-electron chi connectivity index (χ0n) is 24.5. The minimum Gasteiger partial charge on any atom is -0.370 e. The first kappa shape index (κ1) is 32.5. The number of likely N-dealkylation sites (tertiary alicyclic amines) is 2. The lowest BCUT2D eigenvalue weighted by molar-refractivity contribution is -0.144. The Kier molecular flexibility index (Phi) is 9.52. The van der Waals surface area contributed by atoms with Crippen LogP contribution in [0, 0.1) is 5.92 Å². The van der Waals surface area contributed by atoms with Crippen molar-refractivity contribution in [2.24, 2.45) is 5.92 Å². The number of hydrogen-bond donors (Lipinski definition) is 0. The molecule has 5 rings (SSSR count). The summed E-state index contributed by atoms with van der Waals surface area (Å²) in [4.78, 5) is 33.5. The number of carbonyl (C=O) groups excluding carboxylic acids is 2. The van der Waals surface area contributed by atoms with Gasteiger partial charge in [0.2, 0.25) is 11.8 Å². The molecule has 0 aliphatic carbocycles. The summed E-state index contributed by atoms with van der Waals surface area (Å²) in [5.41, 5.74) is -2.17. The molecule has 2 amide bonds. The van der Waals surface area contributed by atoms with Crippen molar-refractivity contribution in [3.63, 3.8) is 0 Å². The Bertz CT molecular complexity index is 1420. The van der Waals surface area contributed by atoms with Crippen molar-refractivity contribution in [3.8, 4) is 0 Å². The number of alkyl halides is 6. The smallest absolute Gasteiger partial charge is 0.370 e. The summed E-state index contributed by atoms with van der Waals surface area (Å²) in [5.74, 6) is -0.785. The Morgan fingerprint density at radius 2 is 1.53 bits per heavy atom. The molecule has 2 aliphatic rings. The van der Waals surface area contributed by atoms with Crippen LogP contribution < -0.4 is 0 Å². The molecule has 0 radical (unpaired) electrons. The van der Waals surface area contributed by atoms with E-state index in [1.54, 1.807) is 9.80 Å². The Labute approximate surface area is 256 Å². The van der Waals surface area contributed by atoms with Crippen molar-refractivity contribution in [2.45, 2.75) is 63.2 Å². The van der Waals surface area contributed by atoms with E-state index in [2.05, 4.69) is 10.1 Å². The number of carbonyl (C=O) groups is 2. The lowest BCUT2D eigenvalue weighted by Gasteiger charge is -2.42. The molecule has 3 aromatic rings. The van der Waals surface area contributed by atoms with E-state index in [-0.39, 0.29) is 48.4 Å². The number of nitrogens with zero attached hydrogens (tertiary/aromatic N) is 5. The van der Waals surface area contributed by atoms with Crippen molar-refractivity contribution in [3.05, 3.63) is 83.4 Å². The molecule has 2 saturated heterocycles. The summed E-state index contributed by atoms with van der Waals surface area (Å²) < 4.78 is 88.5. The van der Waals surface area contributed by atoms with Crippen LogP contribution in [-0.2, 0) is 33.2 Å². The van der Waals surface area contributed by atoms with Crippen molar-refractivity contribution >= 4 is 11.8 Å². The largest absolute Gasteiger partial charge is 0.416 e. The van der Waals surface area contributed by atoms with Crippen LogP contribution in [-0.4, -0.2) is 68.7 Å². The van der Waals surface area contributed by atoms with Gasteiger partial charge < -0.3 is 14.5 Å². The Morgan fingerprint density at radius 3 is 2.11 bits per heavy atom. The van der Waals surface area contributed by atoms with Gasteiger partial charge in [-0.1, -0.05) is 30.3 Å². The molecule has 0 bridgehead atoms. The van der Waals surface area contributed by atoms with E-state index in [9.17, 15) is 35.9 Å². The summed E-state index contributed by atoms with van der Waals surface area (Å²) in [6.07, 6.45) is -7.40. The van der Waals surface area contributed by atoms with Crippen molar-refractivity contribution in [1.82, 2.24) is 24.6 Å². The summed E-state index contributed by atoms with van der Waals surface area (Å²) in [6.45, 7) is 2.97. The fourth-order valence-corrected chi connectivity index (χ4v) is 6.06. The third-order valence-electron chi connectivity index (χ3n) is 8.51. The van der Waals surface area contributed by atoms with E-state index in [0.29, 0.717) is 51.0 Å². The van der Waals surface area contributed by atoms with Gasteiger partial charge in [-0.3, -0.25) is 9.59 Å². The molecule has 2 aliphatic heterocycles. The van der Waals surface area contributed by atoms with Crippen molar-refractivity contribution < 1.29 is 40.7 Å². The molecule has 3 atom stereocenters. The Morgan fingerprint density at radius 1 is 0.911 bits per heavy atom. The number of rotatable bonds is 7. The highest BCUT2D eigenvalue weighted by molar-refractivity contribution is 5.80. The van der Waals surface area contributed by atoms with Gasteiger partial charge in [-0.2, -0.15) is 31.4 Å². The second kappa shape index (κ2) is 13.2.